The minimum absolute atomic E-state index is 0.0762. The van der Waals surface area contributed by atoms with Crippen molar-refractivity contribution >= 4 is 34.6 Å². The predicted octanol–water partition coefficient (Wildman–Crippen LogP) is 3.05. The molecule has 2 heterocycles. The number of alkyl halides is 2. The zero-order valence-electron chi connectivity index (χ0n) is 15.3. The van der Waals surface area contributed by atoms with E-state index in [1.807, 2.05) is 6.07 Å². The standard InChI is InChI=1S/C20H18F2N4O2S/c21-19(22)29-20-24-14-8-4-5-9-15(14)26(20)12-16(27)25-11-10-23-18(28)17(25)13-6-2-1-3-7-13/h1-9,17,19H,10-12H2,(H,23,28). The van der Waals surface area contributed by atoms with Crippen molar-refractivity contribution in [2.45, 2.75) is 23.5 Å². The molecular weight excluding hydrogens is 398 g/mol. The number of piperazine rings is 1. The molecule has 1 aliphatic heterocycles. The fourth-order valence-electron chi connectivity index (χ4n) is 3.50. The van der Waals surface area contributed by atoms with Crippen LogP contribution >= 0.6 is 11.8 Å². The first-order valence-corrected chi connectivity index (χ1v) is 9.95. The predicted molar refractivity (Wildman–Crippen MR) is 105 cm³/mol. The third-order valence-corrected chi connectivity index (χ3v) is 5.46. The number of carbonyl (C=O) groups is 2. The van der Waals surface area contributed by atoms with Gasteiger partial charge in [0, 0.05) is 13.1 Å². The smallest absolute Gasteiger partial charge is 0.291 e. The van der Waals surface area contributed by atoms with Crippen LogP contribution in [0.15, 0.2) is 59.8 Å². The number of imidazole rings is 1. The summed E-state index contributed by atoms with van der Waals surface area (Å²) in [6.07, 6.45) is 0. The van der Waals surface area contributed by atoms with E-state index >= 15 is 0 Å². The van der Waals surface area contributed by atoms with Crippen molar-refractivity contribution in [3.8, 4) is 0 Å². The SMILES string of the molecule is O=C1NCCN(C(=O)Cn2c(SC(F)F)nc3ccccc32)C1c1ccccc1. The molecule has 6 nitrogen and oxygen atoms in total. The van der Waals surface area contributed by atoms with Gasteiger partial charge in [-0.15, -0.1) is 0 Å². The Labute approximate surface area is 169 Å². The number of para-hydroxylation sites is 2. The Morgan fingerprint density at radius 1 is 1.17 bits per heavy atom. The van der Waals surface area contributed by atoms with Gasteiger partial charge >= 0.3 is 0 Å². The molecule has 1 aliphatic rings. The molecule has 2 amide bonds. The molecule has 0 saturated carbocycles. The Kier molecular flexibility index (Phi) is 5.48. The van der Waals surface area contributed by atoms with E-state index in [1.54, 1.807) is 48.5 Å². The lowest BCUT2D eigenvalue weighted by Gasteiger charge is -2.35. The summed E-state index contributed by atoms with van der Waals surface area (Å²) in [5.41, 5.74) is 1.84. The summed E-state index contributed by atoms with van der Waals surface area (Å²) in [4.78, 5) is 31.4. The van der Waals surface area contributed by atoms with Crippen molar-refractivity contribution in [3.63, 3.8) is 0 Å². The van der Waals surface area contributed by atoms with Gasteiger partial charge in [0.1, 0.15) is 12.6 Å². The maximum absolute atomic E-state index is 13.2. The van der Waals surface area contributed by atoms with Gasteiger partial charge in [-0.1, -0.05) is 42.5 Å². The number of amides is 2. The number of aromatic nitrogens is 2. The van der Waals surface area contributed by atoms with Crippen LogP contribution in [0.5, 0.6) is 0 Å². The van der Waals surface area contributed by atoms with E-state index in [0.717, 1.165) is 0 Å². The molecular formula is C20H18F2N4O2S. The van der Waals surface area contributed by atoms with Crippen LogP contribution in [0.3, 0.4) is 0 Å². The van der Waals surface area contributed by atoms with E-state index in [-0.39, 0.29) is 23.5 Å². The Balaban J connectivity index is 1.67. The molecule has 1 aromatic heterocycles. The minimum atomic E-state index is -2.65. The molecule has 1 fully saturated rings. The highest BCUT2D eigenvalue weighted by Gasteiger charge is 2.34. The number of benzene rings is 2. The van der Waals surface area contributed by atoms with Crippen LogP contribution in [0.2, 0.25) is 0 Å². The Morgan fingerprint density at radius 2 is 1.90 bits per heavy atom. The number of fused-ring (bicyclic) bond motifs is 1. The molecule has 9 heteroatoms. The number of thioether (sulfide) groups is 1. The van der Waals surface area contributed by atoms with E-state index < -0.39 is 11.8 Å². The molecule has 1 N–H and O–H groups in total. The van der Waals surface area contributed by atoms with Gasteiger partial charge in [0.2, 0.25) is 11.8 Å². The number of halogens is 2. The molecule has 0 radical (unpaired) electrons. The fraction of sp³-hybridized carbons (Fsp3) is 0.250. The van der Waals surface area contributed by atoms with Gasteiger partial charge in [-0.05, 0) is 29.5 Å². The first kappa shape index (κ1) is 19.4. The summed E-state index contributed by atoms with van der Waals surface area (Å²) in [5, 5.41) is 2.86. The lowest BCUT2D eigenvalue weighted by Crippen LogP contribution is -2.52. The van der Waals surface area contributed by atoms with E-state index in [9.17, 15) is 18.4 Å². The average molecular weight is 416 g/mol. The summed E-state index contributed by atoms with van der Waals surface area (Å²) in [7, 11) is 0. The number of nitrogens with zero attached hydrogens (tertiary/aromatic N) is 3. The molecule has 1 unspecified atom stereocenters. The lowest BCUT2D eigenvalue weighted by atomic mass is 10.0. The highest BCUT2D eigenvalue weighted by Crippen LogP contribution is 2.29. The van der Waals surface area contributed by atoms with Gasteiger partial charge in [-0.2, -0.15) is 8.78 Å². The third-order valence-electron chi connectivity index (χ3n) is 4.76. The zero-order chi connectivity index (χ0) is 20.4. The molecule has 0 spiro atoms. The number of carbonyl (C=O) groups excluding carboxylic acids is 2. The Bertz CT molecular complexity index is 1040. The molecule has 4 rings (SSSR count). The molecule has 0 bridgehead atoms. The topological polar surface area (TPSA) is 67.2 Å². The van der Waals surface area contributed by atoms with E-state index in [2.05, 4.69) is 10.3 Å². The normalized spacial score (nSPS) is 17.0. The second-order valence-corrected chi connectivity index (χ2v) is 7.50. The van der Waals surface area contributed by atoms with Crippen LogP contribution in [0.1, 0.15) is 11.6 Å². The van der Waals surface area contributed by atoms with Gasteiger partial charge in [-0.3, -0.25) is 9.59 Å². The molecule has 0 aliphatic carbocycles. The first-order valence-electron chi connectivity index (χ1n) is 9.07. The second-order valence-electron chi connectivity index (χ2n) is 6.54. The van der Waals surface area contributed by atoms with Crippen LogP contribution in [-0.2, 0) is 16.1 Å². The van der Waals surface area contributed by atoms with Crippen LogP contribution in [0.4, 0.5) is 8.78 Å². The van der Waals surface area contributed by atoms with Gasteiger partial charge in [0.25, 0.3) is 5.76 Å². The quantitative estimate of drug-likeness (QED) is 0.650. The maximum Gasteiger partial charge on any atom is 0.291 e. The van der Waals surface area contributed by atoms with E-state index in [1.165, 1.54) is 9.47 Å². The summed E-state index contributed by atoms with van der Waals surface area (Å²) in [6.45, 7) is 0.511. The van der Waals surface area contributed by atoms with E-state index in [0.29, 0.717) is 41.4 Å². The summed E-state index contributed by atoms with van der Waals surface area (Å²) < 4.78 is 27.5. The zero-order valence-corrected chi connectivity index (χ0v) is 16.1. The highest BCUT2D eigenvalue weighted by molar-refractivity contribution is 7.99. The van der Waals surface area contributed by atoms with Gasteiger partial charge in [-0.25, -0.2) is 4.98 Å². The van der Waals surface area contributed by atoms with Crippen molar-refractivity contribution < 1.29 is 18.4 Å². The van der Waals surface area contributed by atoms with Crippen molar-refractivity contribution in [2.75, 3.05) is 13.1 Å². The first-order chi connectivity index (χ1) is 14.0. The lowest BCUT2D eigenvalue weighted by molar-refractivity contribution is -0.144. The number of hydrogen-bond donors (Lipinski definition) is 1. The largest absolute Gasteiger partial charge is 0.352 e. The van der Waals surface area contributed by atoms with Crippen LogP contribution in [-0.4, -0.2) is 45.1 Å². The van der Waals surface area contributed by atoms with E-state index in [4.69, 9.17) is 0 Å². The monoisotopic (exact) mass is 416 g/mol. The third kappa shape index (κ3) is 3.95. The van der Waals surface area contributed by atoms with Crippen molar-refractivity contribution in [1.29, 1.82) is 0 Å². The molecule has 1 atom stereocenters. The van der Waals surface area contributed by atoms with Crippen molar-refractivity contribution in [1.82, 2.24) is 19.8 Å². The van der Waals surface area contributed by atoms with Gasteiger partial charge in [0.15, 0.2) is 5.16 Å². The summed E-state index contributed by atoms with van der Waals surface area (Å²) in [5.74, 6) is -3.24. The van der Waals surface area contributed by atoms with Crippen molar-refractivity contribution in [3.05, 3.63) is 60.2 Å². The molecule has 1 saturated heterocycles. The minimum Gasteiger partial charge on any atom is -0.352 e. The summed E-state index contributed by atoms with van der Waals surface area (Å²) >= 11 is 0.306. The maximum atomic E-state index is 13.2. The molecule has 2 aromatic carbocycles. The average Bonchev–Trinajstić information content (AvgIpc) is 3.05. The Morgan fingerprint density at radius 3 is 2.66 bits per heavy atom. The van der Waals surface area contributed by atoms with Crippen LogP contribution < -0.4 is 5.32 Å². The Hall–Kier alpha value is -2.94. The van der Waals surface area contributed by atoms with Gasteiger partial charge < -0.3 is 14.8 Å². The van der Waals surface area contributed by atoms with Crippen molar-refractivity contribution in [2.24, 2.45) is 0 Å². The molecule has 29 heavy (non-hydrogen) atoms. The highest BCUT2D eigenvalue weighted by atomic mass is 32.2. The number of rotatable bonds is 5. The number of nitrogens with one attached hydrogen (secondary N) is 1. The van der Waals surface area contributed by atoms with Crippen LogP contribution in [0.25, 0.3) is 11.0 Å². The van der Waals surface area contributed by atoms with Gasteiger partial charge in [0.05, 0.1) is 11.0 Å². The summed E-state index contributed by atoms with van der Waals surface area (Å²) in [6, 6.07) is 15.3. The van der Waals surface area contributed by atoms with Crippen LogP contribution in [0, 0.1) is 0 Å². The fourth-order valence-corrected chi connectivity index (χ4v) is 4.10. The molecule has 150 valence electrons. The molecule has 3 aromatic rings. The second kappa shape index (κ2) is 8.20. The number of hydrogen-bond acceptors (Lipinski definition) is 4.